The van der Waals surface area contributed by atoms with Crippen molar-refractivity contribution in [3.63, 3.8) is 0 Å². The van der Waals surface area contributed by atoms with E-state index in [1.807, 2.05) is 20.8 Å². The molecule has 1 saturated carbocycles. The molecule has 1 heterocycles. The molecule has 1 saturated heterocycles. The Morgan fingerprint density at radius 2 is 2.13 bits per heavy atom. The van der Waals surface area contributed by atoms with Gasteiger partial charge in [0.25, 0.3) is 0 Å². The molecule has 86 valence electrons. The maximum Gasteiger partial charge on any atom is 0.171 e. The average Bonchev–Trinajstić information content (AvgIpc) is 2.88. The third-order valence-electron chi connectivity index (χ3n) is 3.57. The van der Waals surface area contributed by atoms with Gasteiger partial charge in [0.15, 0.2) is 11.4 Å². The molecule has 0 amide bonds. The number of ketones is 1. The minimum atomic E-state index is -0.417. The molecule has 0 bridgehead atoms. The van der Waals surface area contributed by atoms with Crippen LogP contribution in [0, 0.1) is 0 Å². The van der Waals surface area contributed by atoms with Gasteiger partial charge in [0, 0.05) is 6.42 Å². The van der Waals surface area contributed by atoms with Crippen LogP contribution >= 0.6 is 23.2 Å². The highest BCUT2D eigenvalue weighted by molar-refractivity contribution is 6.32. The molecule has 2 nitrogen and oxygen atoms in total. The zero-order valence-electron chi connectivity index (χ0n) is 9.27. The number of carbonyl (C=O) groups excluding carboxylic acids is 1. The first-order valence-corrected chi connectivity index (χ1v) is 6.09. The van der Waals surface area contributed by atoms with Crippen LogP contribution in [0.1, 0.15) is 40.0 Å². The predicted octanol–water partition coefficient (Wildman–Crippen LogP) is 2.89. The van der Waals surface area contributed by atoms with E-state index in [4.69, 9.17) is 27.9 Å². The molecular weight excluding hydrogens is 235 g/mol. The maximum atomic E-state index is 11.1. The van der Waals surface area contributed by atoms with E-state index in [0.29, 0.717) is 6.42 Å². The summed E-state index contributed by atoms with van der Waals surface area (Å²) in [5.74, 6) is 0.237. The SMILES string of the molecule is CC(C)(Cl)C(Cl)CCC1(C)OC12CC2=O. The lowest BCUT2D eigenvalue weighted by molar-refractivity contribution is -0.111. The minimum Gasteiger partial charge on any atom is -0.354 e. The predicted molar refractivity (Wildman–Crippen MR) is 60.7 cm³/mol. The summed E-state index contributed by atoms with van der Waals surface area (Å²) in [5, 5.41) is -0.0916. The molecule has 4 heteroatoms. The molecule has 1 aliphatic heterocycles. The van der Waals surface area contributed by atoms with Gasteiger partial charge in [0.1, 0.15) is 5.60 Å². The molecule has 3 atom stereocenters. The van der Waals surface area contributed by atoms with E-state index in [9.17, 15) is 4.79 Å². The summed E-state index contributed by atoms with van der Waals surface area (Å²) < 4.78 is 5.53. The molecule has 1 spiro atoms. The van der Waals surface area contributed by atoms with Crippen molar-refractivity contribution in [1.29, 1.82) is 0 Å². The molecular formula is C11H16Cl2O2. The standard InChI is InChI=1S/C11H16Cl2O2/c1-9(2,13)7(12)4-5-10(3)11(15-10)6-8(11)14/h7H,4-6H2,1-3H3. The summed E-state index contributed by atoms with van der Waals surface area (Å²) in [6.45, 7) is 5.80. The Hall–Kier alpha value is 0.210. The van der Waals surface area contributed by atoms with Crippen molar-refractivity contribution in [1.82, 2.24) is 0 Å². The van der Waals surface area contributed by atoms with E-state index in [0.717, 1.165) is 12.8 Å². The van der Waals surface area contributed by atoms with Crippen LogP contribution in [-0.2, 0) is 9.53 Å². The monoisotopic (exact) mass is 250 g/mol. The summed E-state index contributed by atoms with van der Waals surface area (Å²) in [5.41, 5.74) is -0.681. The second-order valence-corrected chi connectivity index (χ2v) is 6.83. The highest BCUT2D eigenvalue weighted by atomic mass is 35.5. The first-order chi connectivity index (χ1) is 6.71. The Balaban J connectivity index is 1.83. The summed E-state index contributed by atoms with van der Waals surface area (Å²) in [6, 6.07) is 0. The van der Waals surface area contributed by atoms with E-state index in [1.54, 1.807) is 0 Å². The lowest BCUT2D eigenvalue weighted by Gasteiger charge is -2.23. The number of ether oxygens (including phenoxy) is 1. The Bertz CT molecular complexity index is 310. The number of halogens is 2. The summed E-state index contributed by atoms with van der Waals surface area (Å²) in [6.07, 6.45) is 2.17. The van der Waals surface area contributed by atoms with Gasteiger partial charge in [-0.3, -0.25) is 4.79 Å². The second kappa shape index (κ2) is 3.12. The summed E-state index contributed by atoms with van der Waals surface area (Å²) in [7, 11) is 0. The fraction of sp³-hybridized carbons (Fsp3) is 0.909. The zero-order chi connectivity index (χ0) is 11.5. The normalized spacial score (nSPS) is 40.7. The van der Waals surface area contributed by atoms with Crippen molar-refractivity contribution in [3.05, 3.63) is 0 Å². The highest BCUT2D eigenvalue weighted by Gasteiger charge is 2.81. The van der Waals surface area contributed by atoms with Crippen LogP contribution in [0.5, 0.6) is 0 Å². The van der Waals surface area contributed by atoms with Crippen molar-refractivity contribution < 1.29 is 9.53 Å². The van der Waals surface area contributed by atoms with Crippen molar-refractivity contribution in [3.8, 4) is 0 Å². The van der Waals surface area contributed by atoms with E-state index in [-0.39, 0.29) is 16.8 Å². The van der Waals surface area contributed by atoms with Crippen molar-refractivity contribution in [2.45, 2.75) is 61.5 Å². The molecule has 2 rings (SSSR count). The molecule has 3 unspecified atom stereocenters. The smallest absolute Gasteiger partial charge is 0.171 e. The largest absolute Gasteiger partial charge is 0.354 e. The topological polar surface area (TPSA) is 29.6 Å². The van der Waals surface area contributed by atoms with Crippen molar-refractivity contribution >= 4 is 29.0 Å². The van der Waals surface area contributed by atoms with Crippen LogP contribution in [0.25, 0.3) is 0 Å². The van der Waals surface area contributed by atoms with Crippen LogP contribution in [-0.4, -0.2) is 27.2 Å². The third-order valence-corrected chi connectivity index (χ3v) is 4.71. The van der Waals surface area contributed by atoms with Gasteiger partial charge in [-0.2, -0.15) is 0 Å². The number of carbonyl (C=O) groups is 1. The van der Waals surface area contributed by atoms with Crippen LogP contribution in [0.4, 0.5) is 0 Å². The van der Waals surface area contributed by atoms with Gasteiger partial charge in [-0.05, 0) is 33.6 Å². The molecule has 0 aromatic carbocycles. The number of Topliss-reactive ketones (excluding diaryl/α,β-unsaturated/α-hetero) is 1. The average molecular weight is 251 g/mol. The van der Waals surface area contributed by atoms with Crippen LogP contribution in [0.15, 0.2) is 0 Å². The molecule has 0 aromatic rings. The van der Waals surface area contributed by atoms with Gasteiger partial charge in [-0.25, -0.2) is 0 Å². The number of hydrogen-bond acceptors (Lipinski definition) is 2. The van der Waals surface area contributed by atoms with Gasteiger partial charge >= 0.3 is 0 Å². The van der Waals surface area contributed by atoms with Crippen LogP contribution in [0.2, 0.25) is 0 Å². The lowest BCUT2D eigenvalue weighted by atomic mass is 9.95. The van der Waals surface area contributed by atoms with Crippen molar-refractivity contribution in [2.75, 3.05) is 0 Å². The maximum absolute atomic E-state index is 11.1. The summed E-state index contributed by atoms with van der Waals surface area (Å²) in [4.78, 5) is 10.7. The van der Waals surface area contributed by atoms with E-state index in [2.05, 4.69) is 0 Å². The van der Waals surface area contributed by atoms with Gasteiger partial charge in [-0.1, -0.05) is 0 Å². The van der Waals surface area contributed by atoms with E-state index in [1.165, 1.54) is 0 Å². The first kappa shape index (κ1) is 11.7. The molecule has 15 heavy (non-hydrogen) atoms. The van der Waals surface area contributed by atoms with Crippen LogP contribution in [0.3, 0.4) is 0 Å². The fourth-order valence-corrected chi connectivity index (χ4v) is 2.33. The number of rotatable bonds is 4. The van der Waals surface area contributed by atoms with Gasteiger partial charge in [-0.15, -0.1) is 23.2 Å². The second-order valence-electron chi connectivity index (χ2n) is 5.33. The van der Waals surface area contributed by atoms with E-state index < -0.39 is 10.5 Å². The minimum absolute atomic E-state index is 0.0916. The zero-order valence-corrected chi connectivity index (χ0v) is 10.8. The lowest BCUT2D eigenvalue weighted by Crippen LogP contribution is -2.27. The molecule has 2 aliphatic rings. The fourth-order valence-electron chi connectivity index (χ4n) is 2.11. The first-order valence-electron chi connectivity index (χ1n) is 5.28. The van der Waals surface area contributed by atoms with Crippen LogP contribution < -0.4 is 0 Å². The van der Waals surface area contributed by atoms with Gasteiger partial charge in [0.2, 0.25) is 0 Å². The quantitative estimate of drug-likeness (QED) is 0.568. The van der Waals surface area contributed by atoms with E-state index >= 15 is 0 Å². The Morgan fingerprint density at radius 1 is 1.60 bits per heavy atom. The van der Waals surface area contributed by atoms with Gasteiger partial charge < -0.3 is 4.74 Å². The third kappa shape index (κ3) is 1.81. The number of hydrogen-bond donors (Lipinski definition) is 0. The Labute approximate surface area is 100 Å². The molecule has 0 radical (unpaired) electrons. The summed E-state index contributed by atoms with van der Waals surface area (Å²) >= 11 is 12.3. The number of epoxide rings is 1. The molecule has 0 aromatic heterocycles. The van der Waals surface area contributed by atoms with Gasteiger partial charge in [0.05, 0.1) is 10.3 Å². The molecule has 2 fully saturated rings. The Kier molecular flexibility index (Phi) is 2.43. The Morgan fingerprint density at radius 3 is 2.47 bits per heavy atom. The number of alkyl halides is 2. The van der Waals surface area contributed by atoms with Crippen molar-refractivity contribution in [2.24, 2.45) is 0 Å². The highest BCUT2D eigenvalue weighted by Crippen LogP contribution is 2.63. The molecule has 0 N–H and O–H groups in total. The molecule has 1 aliphatic carbocycles.